The number of ether oxygens (including phenoxy) is 1. The van der Waals surface area contributed by atoms with Gasteiger partial charge in [-0.2, -0.15) is 0 Å². The Morgan fingerprint density at radius 3 is 2.53 bits per heavy atom. The van der Waals surface area contributed by atoms with Crippen LogP contribution in [0, 0.1) is 16.0 Å². The van der Waals surface area contributed by atoms with Crippen LogP contribution in [-0.4, -0.2) is 16.9 Å². The molecule has 0 amide bonds. The summed E-state index contributed by atoms with van der Waals surface area (Å²) in [6, 6.07) is 6.18. The Balaban J connectivity index is 2.34. The third-order valence-corrected chi connectivity index (χ3v) is 2.99. The van der Waals surface area contributed by atoms with Crippen molar-refractivity contribution in [1.29, 1.82) is 0 Å². The van der Waals surface area contributed by atoms with Crippen molar-refractivity contribution in [2.75, 3.05) is 11.9 Å². The standard InChI is InChI=1S/C12H16BrNO3/c1-10(6-8-13)7-9-17-12-4-2-11(3-5-12)14(15)16/h2-5,10H,6-9H2,1H3. The number of halogens is 1. The highest BCUT2D eigenvalue weighted by molar-refractivity contribution is 9.09. The molecule has 0 aliphatic rings. The second-order valence-corrected chi connectivity index (χ2v) is 4.76. The molecule has 0 spiro atoms. The number of rotatable bonds is 7. The zero-order valence-electron chi connectivity index (χ0n) is 9.77. The van der Waals surface area contributed by atoms with Gasteiger partial charge in [0.05, 0.1) is 11.5 Å². The maximum Gasteiger partial charge on any atom is 0.269 e. The minimum absolute atomic E-state index is 0.0880. The molecule has 94 valence electrons. The highest BCUT2D eigenvalue weighted by Gasteiger charge is 2.05. The molecule has 0 aromatic heterocycles. The minimum atomic E-state index is -0.415. The summed E-state index contributed by atoms with van der Waals surface area (Å²) in [5, 5.41) is 11.5. The Kier molecular flexibility index (Phi) is 5.97. The van der Waals surface area contributed by atoms with E-state index in [0.29, 0.717) is 18.3 Å². The summed E-state index contributed by atoms with van der Waals surface area (Å²) in [5.41, 5.74) is 0.0880. The van der Waals surface area contributed by atoms with Crippen molar-refractivity contribution in [3.05, 3.63) is 34.4 Å². The van der Waals surface area contributed by atoms with E-state index < -0.39 is 4.92 Å². The molecule has 5 heteroatoms. The Morgan fingerprint density at radius 1 is 1.35 bits per heavy atom. The summed E-state index contributed by atoms with van der Waals surface area (Å²) in [6.07, 6.45) is 2.12. The molecule has 4 nitrogen and oxygen atoms in total. The summed E-state index contributed by atoms with van der Waals surface area (Å²) >= 11 is 3.40. The number of nitro benzene ring substituents is 1. The van der Waals surface area contributed by atoms with Crippen molar-refractivity contribution in [1.82, 2.24) is 0 Å². The van der Waals surface area contributed by atoms with Gasteiger partial charge in [0, 0.05) is 17.5 Å². The second kappa shape index (κ2) is 7.27. The summed E-state index contributed by atoms with van der Waals surface area (Å²) in [7, 11) is 0. The minimum Gasteiger partial charge on any atom is -0.494 e. The molecule has 1 aromatic carbocycles. The zero-order chi connectivity index (χ0) is 12.7. The highest BCUT2D eigenvalue weighted by atomic mass is 79.9. The fraction of sp³-hybridized carbons (Fsp3) is 0.500. The van der Waals surface area contributed by atoms with E-state index in [9.17, 15) is 10.1 Å². The van der Waals surface area contributed by atoms with Crippen LogP contribution in [0.3, 0.4) is 0 Å². The van der Waals surface area contributed by atoms with Gasteiger partial charge in [0.1, 0.15) is 5.75 Å². The zero-order valence-corrected chi connectivity index (χ0v) is 11.4. The third-order valence-electron chi connectivity index (χ3n) is 2.53. The molecule has 1 rings (SSSR count). The fourth-order valence-electron chi connectivity index (χ4n) is 1.37. The van der Waals surface area contributed by atoms with Crippen LogP contribution in [-0.2, 0) is 0 Å². The van der Waals surface area contributed by atoms with Gasteiger partial charge in [-0.05, 0) is 30.9 Å². The number of nitro groups is 1. The largest absolute Gasteiger partial charge is 0.494 e. The predicted octanol–water partition coefficient (Wildman–Crippen LogP) is 3.78. The van der Waals surface area contributed by atoms with Gasteiger partial charge >= 0.3 is 0 Å². The van der Waals surface area contributed by atoms with E-state index in [1.807, 2.05) is 0 Å². The highest BCUT2D eigenvalue weighted by Crippen LogP contribution is 2.18. The monoisotopic (exact) mass is 301 g/mol. The first-order valence-corrected chi connectivity index (χ1v) is 6.69. The molecule has 1 aromatic rings. The Morgan fingerprint density at radius 2 is 2.00 bits per heavy atom. The lowest BCUT2D eigenvalue weighted by Gasteiger charge is -2.10. The average Bonchev–Trinajstić information content (AvgIpc) is 2.30. The quantitative estimate of drug-likeness (QED) is 0.437. The summed E-state index contributed by atoms with van der Waals surface area (Å²) in [6.45, 7) is 2.83. The van der Waals surface area contributed by atoms with Gasteiger partial charge in [0.2, 0.25) is 0 Å². The lowest BCUT2D eigenvalue weighted by Crippen LogP contribution is -2.04. The van der Waals surface area contributed by atoms with Crippen LogP contribution < -0.4 is 4.74 Å². The van der Waals surface area contributed by atoms with Crippen LogP contribution >= 0.6 is 15.9 Å². The van der Waals surface area contributed by atoms with Crippen molar-refractivity contribution in [3.63, 3.8) is 0 Å². The van der Waals surface area contributed by atoms with E-state index in [2.05, 4.69) is 22.9 Å². The number of non-ortho nitro benzene ring substituents is 1. The molecule has 1 atom stereocenters. The number of nitrogens with zero attached hydrogens (tertiary/aromatic N) is 1. The van der Waals surface area contributed by atoms with Gasteiger partial charge in [0.15, 0.2) is 0 Å². The number of alkyl halides is 1. The lowest BCUT2D eigenvalue weighted by molar-refractivity contribution is -0.384. The number of benzene rings is 1. The Bertz CT molecular complexity index is 353. The molecule has 17 heavy (non-hydrogen) atoms. The number of hydrogen-bond donors (Lipinski definition) is 0. The normalized spacial score (nSPS) is 12.1. The summed E-state index contributed by atoms with van der Waals surface area (Å²) in [5.74, 6) is 1.30. The first-order valence-electron chi connectivity index (χ1n) is 5.56. The second-order valence-electron chi connectivity index (χ2n) is 3.97. The molecule has 0 fully saturated rings. The van der Waals surface area contributed by atoms with E-state index in [1.54, 1.807) is 12.1 Å². The molecule has 0 saturated heterocycles. The third kappa shape index (κ3) is 5.17. The molecule has 0 bridgehead atoms. The number of hydrogen-bond acceptors (Lipinski definition) is 3. The van der Waals surface area contributed by atoms with Crippen molar-refractivity contribution < 1.29 is 9.66 Å². The average molecular weight is 302 g/mol. The van der Waals surface area contributed by atoms with E-state index in [0.717, 1.165) is 18.2 Å². The summed E-state index contributed by atoms with van der Waals surface area (Å²) in [4.78, 5) is 10.0. The Labute approximate surface area is 109 Å². The molecule has 0 aliphatic heterocycles. The van der Waals surface area contributed by atoms with Crippen molar-refractivity contribution in [2.24, 2.45) is 5.92 Å². The summed E-state index contributed by atoms with van der Waals surface area (Å²) < 4.78 is 5.52. The van der Waals surface area contributed by atoms with Crippen molar-refractivity contribution >= 4 is 21.6 Å². The van der Waals surface area contributed by atoms with Crippen LogP contribution in [0.15, 0.2) is 24.3 Å². The van der Waals surface area contributed by atoms with Gasteiger partial charge in [-0.1, -0.05) is 22.9 Å². The van der Waals surface area contributed by atoms with Gasteiger partial charge in [0.25, 0.3) is 5.69 Å². The molecule has 1 unspecified atom stereocenters. The smallest absolute Gasteiger partial charge is 0.269 e. The molecular weight excluding hydrogens is 286 g/mol. The topological polar surface area (TPSA) is 52.4 Å². The predicted molar refractivity (Wildman–Crippen MR) is 70.8 cm³/mol. The van der Waals surface area contributed by atoms with Crippen LogP contribution in [0.2, 0.25) is 0 Å². The Hall–Kier alpha value is -1.10. The SMILES string of the molecule is CC(CCBr)CCOc1ccc([N+](=O)[O-])cc1. The maximum absolute atomic E-state index is 10.4. The van der Waals surface area contributed by atoms with E-state index in [4.69, 9.17) is 4.74 Å². The molecule has 0 heterocycles. The van der Waals surface area contributed by atoms with E-state index in [1.165, 1.54) is 12.1 Å². The maximum atomic E-state index is 10.4. The van der Waals surface area contributed by atoms with Crippen LogP contribution in [0.1, 0.15) is 19.8 Å². The van der Waals surface area contributed by atoms with Crippen molar-refractivity contribution in [2.45, 2.75) is 19.8 Å². The van der Waals surface area contributed by atoms with Gasteiger partial charge in [-0.15, -0.1) is 0 Å². The molecular formula is C12H16BrNO3. The van der Waals surface area contributed by atoms with Crippen LogP contribution in [0.25, 0.3) is 0 Å². The van der Waals surface area contributed by atoms with Crippen LogP contribution in [0.4, 0.5) is 5.69 Å². The molecule has 0 saturated carbocycles. The van der Waals surface area contributed by atoms with Crippen LogP contribution in [0.5, 0.6) is 5.75 Å². The molecule has 0 aliphatic carbocycles. The van der Waals surface area contributed by atoms with Crippen molar-refractivity contribution in [3.8, 4) is 5.75 Å². The van der Waals surface area contributed by atoms with Gasteiger partial charge < -0.3 is 4.74 Å². The first-order chi connectivity index (χ1) is 8.13. The van der Waals surface area contributed by atoms with E-state index in [-0.39, 0.29) is 5.69 Å². The molecule has 0 radical (unpaired) electrons. The van der Waals surface area contributed by atoms with Gasteiger partial charge in [-0.25, -0.2) is 0 Å². The van der Waals surface area contributed by atoms with Gasteiger partial charge in [-0.3, -0.25) is 10.1 Å². The lowest BCUT2D eigenvalue weighted by atomic mass is 10.1. The fourth-order valence-corrected chi connectivity index (χ4v) is 2.15. The van der Waals surface area contributed by atoms with E-state index >= 15 is 0 Å². The molecule has 0 N–H and O–H groups in total. The first kappa shape index (κ1) is 14.0.